The van der Waals surface area contributed by atoms with Crippen LogP contribution in [0.1, 0.15) is 34.3 Å². The molecule has 2 amide bonds. The first-order valence-corrected chi connectivity index (χ1v) is 11.9. The van der Waals surface area contributed by atoms with Gasteiger partial charge in [-0.3, -0.25) is 14.4 Å². The van der Waals surface area contributed by atoms with E-state index in [0.717, 1.165) is 0 Å². The van der Waals surface area contributed by atoms with Crippen molar-refractivity contribution < 1.29 is 43.2 Å². The van der Waals surface area contributed by atoms with Crippen LogP contribution >= 0.6 is 0 Å². The van der Waals surface area contributed by atoms with Gasteiger partial charge in [0.1, 0.15) is 25.1 Å². The molecule has 1 aliphatic heterocycles. The highest BCUT2D eigenvalue weighted by Gasteiger charge is 2.51. The number of nitrogens with zero attached hydrogens (tertiary/aromatic N) is 1. The molecular weight excluding hydrogens is 484 g/mol. The van der Waals surface area contributed by atoms with Crippen molar-refractivity contribution in [1.29, 1.82) is 0 Å². The predicted molar refractivity (Wildman–Crippen MR) is 129 cm³/mol. The highest BCUT2D eigenvalue weighted by atomic mass is 16.5. The number of carbonyl (C=O) groups is 3. The molecule has 2 aromatic rings. The summed E-state index contributed by atoms with van der Waals surface area (Å²) in [7, 11) is 1.43. The summed E-state index contributed by atoms with van der Waals surface area (Å²) in [5.74, 6) is -1.03. The molecule has 37 heavy (non-hydrogen) atoms. The summed E-state index contributed by atoms with van der Waals surface area (Å²) in [5, 5.41) is 23.4. The van der Waals surface area contributed by atoms with E-state index in [1.807, 2.05) is 0 Å². The molecule has 198 valence electrons. The molecule has 0 saturated heterocycles. The van der Waals surface area contributed by atoms with Gasteiger partial charge in [-0.2, -0.15) is 0 Å². The smallest absolute Gasteiger partial charge is 0.249 e. The van der Waals surface area contributed by atoms with Crippen molar-refractivity contribution >= 4 is 18.1 Å². The number of fused-ring (bicyclic) bond motifs is 3. The molecular formula is C26H30N2O9. The van der Waals surface area contributed by atoms with E-state index < -0.39 is 36.0 Å². The number of hydrogen-bond acceptors (Lipinski definition) is 9. The Balaban J connectivity index is 1.80. The fraction of sp³-hybridized carbons (Fsp3) is 0.423. The van der Waals surface area contributed by atoms with Crippen LogP contribution < -0.4 is 14.8 Å². The van der Waals surface area contributed by atoms with E-state index >= 15 is 0 Å². The number of aliphatic hydroxyl groups is 2. The monoisotopic (exact) mass is 514 g/mol. The Morgan fingerprint density at radius 1 is 1.30 bits per heavy atom. The first-order valence-electron chi connectivity index (χ1n) is 11.9. The van der Waals surface area contributed by atoms with Crippen molar-refractivity contribution in [2.24, 2.45) is 0 Å². The van der Waals surface area contributed by atoms with E-state index in [4.69, 9.17) is 18.6 Å². The van der Waals surface area contributed by atoms with Crippen LogP contribution in [0.2, 0.25) is 0 Å². The van der Waals surface area contributed by atoms with E-state index in [1.54, 1.807) is 25.1 Å². The third-order valence-corrected chi connectivity index (χ3v) is 6.45. The van der Waals surface area contributed by atoms with Gasteiger partial charge in [-0.05, 0) is 31.2 Å². The van der Waals surface area contributed by atoms with Gasteiger partial charge in [0.25, 0.3) is 0 Å². The fourth-order valence-corrected chi connectivity index (χ4v) is 4.77. The Bertz CT molecular complexity index is 1160. The number of carbonyl (C=O) groups excluding carboxylic acids is 3. The maximum Gasteiger partial charge on any atom is 0.249 e. The molecule has 2 heterocycles. The molecule has 0 radical (unpaired) electrons. The normalized spacial score (nSPS) is 21.8. The number of amides is 2. The number of hydrogen-bond donors (Lipinski definition) is 3. The van der Waals surface area contributed by atoms with Crippen molar-refractivity contribution in [3.8, 4) is 11.5 Å². The van der Waals surface area contributed by atoms with Crippen molar-refractivity contribution in [1.82, 2.24) is 10.2 Å². The molecule has 4 rings (SSSR count). The van der Waals surface area contributed by atoms with E-state index in [1.165, 1.54) is 30.6 Å². The van der Waals surface area contributed by atoms with E-state index in [-0.39, 0.29) is 37.6 Å². The average Bonchev–Trinajstić information content (AvgIpc) is 3.57. The Morgan fingerprint density at radius 3 is 2.76 bits per heavy atom. The quantitative estimate of drug-likeness (QED) is 0.370. The summed E-state index contributed by atoms with van der Waals surface area (Å²) in [6, 6.07) is 3.86. The molecule has 0 saturated carbocycles. The third kappa shape index (κ3) is 5.24. The highest BCUT2D eigenvalue weighted by Crippen LogP contribution is 2.51. The largest absolute Gasteiger partial charge is 0.493 e. The Kier molecular flexibility index (Phi) is 8.27. The van der Waals surface area contributed by atoms with Crippen LogP contribution in [0.4, 0.5) is 0 Å². The van der Waals surface area contributed by atoms with Gasteiger partial charge in [-0.15, -0.1) is 0 Å². The number of nitrogens with one attached hydrogen (secondary N) is 1. The number of aldehydes is 1. The molecule has 0 unspecified atom stereocenters. The molecule has 11 heteroatoms. The van der Waals surface area contributed by atoms with Crippen molar-refractivity contribution in [2.75, 3.05) is 33.5 Å². The van der Waals surface area contributed by atoms with Gasteiger partial charge >= 0.3 is 0 Å². The summed E-state index contributed by atoms with van der Waals surface area (Å²) in [6.07, 6.45) is 2.97. The number of benzene rings is 1. The van der Waals surface area contributed by atoms with E-state index in [2.05, 4.69) is 5.32 Å². The summed E-state index contributed by atoms with van der Waals surface area (Å²) >= 11 is 0. The second kappa shape index (κ2) is 11.6. The number of methoxy groups -OCH3 is 1. The summed E-state index contributed by atoms with van der Waals surface area (Å²) in [6.45, 7) is 1.70. The summed E-state index contributed by atoms with van der Waals surface area (Å²) in [4.78, 5) is 39.5. The van der Waals surface area contributed by atoms with Crippen LogP contribution in [-0.2, 0) is 20.9 Å². The van der Waals surface area contributed by atoms with Crippen molar-refractivity contribution in [3.05, 3.63) is 59.1 Å². The van der Waals surface area contributed by atoms with Crippen molar-refractivity contribution in [3.63, 3.8) is 0 Å². The third-order valence-electron chi connectivity index (χ3n) is 6.45. The van der Waals surface area contributed by atoms with Crippen LogP contribution in [0, 0.1) is 0 Å². The maximum absolute atomic E-state index is 13.3. The maximum atomic E-state index is 13.3. The van der Waals surface area contributed by atoms with Gasteiger partial charge in [0.05, 0.1) is 38.2 Å². The molecule has 1 aromatic carbocycles. The van der Waals surface area contributed by atoms with E-state index in [9.17, 15) is 24.6 Å². The average molecular weight is 515 g/mol. The second-order valence-electron chi connectivity index (χ2n) is 8.69. The molecule has 1 aliphatic carbocycles. The van der Waals surface area contributed by atoms with Gasteiger partial charge in [-0.25, -0.2) is 0 Å². The van der Waals surface area contributed by atoms with Gasteiger partial charge in [0.2, 0.25) is 11.8 Å². The van der Waals surface area contributed by atoms with Crippen LogP contribution in [0.15, 0.2) is 46.8 Å². The standard InChI is InChI=1S/C26H30N2O9/c1-3-35-14-21(31)28(11-15-4-7-36-13-15)19-10-18(26(33)27-5-6-29)22-17-8-16(12-30)9-20(34-2)24(17)37-25(22)23(19)32/h4,7-10,12-13,19,22-23,25,29,32H,3,5-6,11,14H2,1-2H3,(H,27,33)/t19-,22+,23+,25+/m1/s1. The Hall–Kier alpha value is -3.67. The molecule has 0 bridgehead atoms. The SMILES string of the molecule is CCOCC(=O)N(Cc1ccoc1)[C@@H]1C=C(C(=O)NCCO)[C@@H]2c3cc(C=O)cc(OC)c3O[C@@H]2[C@H]1O. The molecule has 3 N–H and O–H groups in total. The van der Waals surface area contributed by atoms with Crippen LogP contribution in [0.25, 0.3) is 0 Å². The zero-order chi connectivity index (χ0) is 26.5. The molecule has 4 atom stereocenters. The lowest BCUT2D eigenvalue weighted by Gasteiger charge is -2.40. The van der Waals surface area contributed by atoms with E-state index in [0.29, 0.717) is 35.3 Å². The predicted octanol–water partition coefficient (Wildman–Crippen LogP) is 0.789. The van der Waals surface area contributed by atoms with Crippen LogP contribution in [-0.4, -0.2) is 84.9 Å². The van der Waals surface area contributed by atoms with Gasteiger partial charge < -0.3 is 39.1 Å². The fourth-order valence-electron chi connectivity index (χ4n) is 4.77. The zero-order valence-electron chi connectivity index (χ0n) is 20.6. The van der Waals surface area contributed by atoms with Gasteiger partial charge in [-0.1, -0.05) is 0 Å². The Morgan fingerprint density at radius 2 is 2.11 bits per heavy atom. The highest BCUT2D eigenvalue weighted by molar-refractivity contribution is 5.96. The minimum absolute atomic E-state index is 0.00813. The van der Waals surface area contributed by atoms with Crippen molar-refractivity contribution in [2.45, 2.75) is 37.6 Å². The molecule has 0 spiro atoms. The first-order chi connectivity index (χ1) is 17.9. The summed E-state index contributed by atoms with van der Waals surface area (Å²) < 4.78 is 22.1. The minimum Gasteiger partial charge on any atom is -0.493 e. The van der Waals surface area contributed by atoms with Crippen LogP contribution in [0.5, 0.6) is 11.5 Å². The molecule has 0 fully saturated rings. The summed E-state index contributed by atoms with van der Waals surface area (Å²) in [5.41, 5.74) is 1.75. The number of rotatable bonds is 11. The second-order valence-corrected chi connectivity index (χ2v) is 8.69. The Labute approximate surface area is 213 Å². The lowest BCUT2D eigenvalue weighted by molar-refractivity contribution is -0.142. The molecule has 11 nitrogen and oxygen atoms in total. The number of aliphatic hydroxyl groups excluding tert-OH is 2. The minimum atomic E-state index is -1.24. The lowest BCUT2D eigenvalue weighted by Crippen LogP contribution is -2.56. The first kappa shape index (κ1) is 26.4. The topological polar surface area (TPSA) is 148 Å². The number of ether oxygens (including phenoxy) is 3. The zero-order valence-corrected chi connectivity index (χ0v) is 20.6. The molecule has 1 aromatic heterocycles. The molecule has 2 aliphatic rings. The van der Waals surface area contributed by atoms with Gasteiger partial charge in [0, 0.05) is 42.0 Å². The number of furan rings is 1. The lowest BCUT2D eigenvalue weighted by atomic mass is 9.77. The van der Waals surface area contributed by atoms with Gasteiger partial charge in [0.15, 0.2) is 11.5 Å². The van der Waals surface area contributed by atoms with Crippen LogP contribution in [0.3, 0.4) is 0 Å².